The number of fused-ring (bicyclic) bond motifs is 1. The van der Waals surface area contributed by atoms with Crippen LogP contribution in [0.3, 0.4) is 0 Å². The first-order chi connectivity index (χ1) is 13.5. The lowest BCUT2D eigenvalue weighted by Crippen LogP contribution is -2.34. The summed E-state index contributed by atoms with van der Waals surface area (Å²) in [6.07, 6.45) is 0.774. The lowest BCUT2D eigenvalue weighted by Gasteiger charge is -2.26. The minimum absolute atomic E-state index is 0.0454. The van der Waals surface area contributed by atoms with Crippen molar-refractivity contribution in [3.63, 3.8) is 0 Å². The van der Waals surface area contributed by atoms with Gasteiger partial charge in [-0.1, -0.05) is 29.8 Å². The van der Waals surface area contributed by atoms with Gasteiger partial charge in [-0.25, -0.2) is 0 Å². The van der Waals surface area contributed by atoms with E-state index in [1.54, 1.807) is 19.2 Å². The zero-order valence-electron chi connectivity index (χ0n) is 16.3. The highest BCUT2D eigenvalue weighted by molar-refractivity contribution is 6.32. The van der Waals surface area contributed by atoms with Crippen LogP contribution in [0, 0.1) is 0 Å². The molecule has 1 aliphatic heterocycles. The normalized spacial score (nSPS) is 14.3. The smallest absolute Gasteiger partial charge is 0.251 e. The number of para-hydroxylation sites is 1. The first-order valence-corrected chi connectivity index (χ1v) is 9.55. The van der Waals surface area contributed by atoms with Gasteiger partial charge in [0, 0.05) is 24.1 Å². The summed E-state index contributed by atoms with van der Waals surface area (Å²) in [6, 6.07) is 11.0. The predicted octanol–water partition coefficient (Wildman–Crippen LogP) is 3.54. The van der Waals surface area contributed by atoms with Gasteiger partial charge in [0.1, 0.15) is 5.75 Å². The van der Waals surface area contributed by atoms with Crippen molar-refractivity contribution in [1.82, 2.24) is 10.2 Å². The molecule has 0 aliphatic carbocycles. The Bertz CT molecular complexity index is 841. The fourth-order valence-electron chi connectivity index (χ4n) is 3.17. The molecule has 1 amide bonds. The Morgan fingerprint density at radius 2 is 2.00 bits per heavy atom. The second-order valence-corrected chi connectivity index (χ2v) is 7.17. The zero-order chi connectivity index (χ0) is 20.1. The lowest BCUT2D eigenvalue weighted by atomic mass is 10.0. The first-order valence-electron chi connectivity index (χ1n) is 9.18. The molecule has 1 heterocycles. The summed E-state index contributed by atoms with van der Waals surface area (Å²) in [5.41, 5.74) is 1.44. The number of amides is 1. The molecule has 1 N–H and O–H groups in total. The second kappa shape index (κ2) is 9.17. The summed E-state index contributed by atoms with van der Waals surface area (Å²) in [6.45, 7) is 1.49. The third-order valence-corrected chi connectivity index (χ3v) is 4.92. The molecular weight excluding hydrogens is 380 g/mol. The Kier molecular flexibility index (Phi) is 6.65. The maximum Gasteiger partial charge on any atom is 0.251 e. The van der Waals surface area contributed by atoms with Gasteiger partial charge < -0.3 is 24.4 Å². The fraction of sp³-hybridized carbons (Fsp3) is 0.381. The standard InChI is InChI=1S/C21H25ClN2O4/c1-24(2)17(15-7-4-5-8-18(15)26-3)13-23-21(25)14-11-16(22)20-19(12-14)27-9-6-10-28-20/h4-5,7-8,11-12,17H,6,9-10,13H2,1-3H3,(H,23,25). The van der Waals surface area contributed by atoms with Crippen molar-refractivity contribution in [3.05, 3.63) is 52.5 Å². The molecule has 0 saturated heterocycles. The summed E-state index contributed by atoms with van der Waals surface area (Å²) in [5, 5.41) is 3.36. The lowest BCUT2D eigenvalue weighted by molar-refractivity contribution is 0.0941. The number of benzene rings is 2. The van der Waals surface area contributed by atoms with Crippen LogP contribution in [0.15, 0.2) is 36.4 Å². The molecule has 2 aromatic carbocycles. The van der Waals surface area contributed by atoms with Crippen molar-refractivity contribution in [1.29, 1.82) is 0 Å². The summed E-state index contributed by atoms with van der Waals surface area (Å²) >= 11 is 6.30. The number of nitrogens with one attached hydrogen (secondary N) is 1. The van der Waals surface area contributed by atoms with Crippen LogP contribution in [0.5, 0.6) is 17.2 Å². The van der Waals surface area contributed by atoms with Gasteiger partial charge in [-0.3, -0.25) is 4.79 Å². The highest BCUT2D eigenvalue weighted by Gasteiger charge is 2.21. The van der Waals surface area contributed by atoms with E-state index in [0.717, 1.165) is 17.7 Å². The summed E-state index contributed by atoms with van der Waals surface area (Å²) in [7, 11) is 5.57. The number of halogens is 1. The van der Waals surface area contributed by atoms with E-state index in [1.165, 1.54) is 0 Å². The second-order valence-electron chi connectivity index (χ2n) is 6.77. The fourth-order valence-corrected chi connectivity index (χ4v) is 3.43. The van der Waals surface area contributed by atoms with E-state index >= 15 is 0 Å². The van der Waals surface area contributed by atoms with E-state index in [0.29, 0.717) is 41.8 Å². The average molecular weight is 405 g/mol. The highest BCUT2D eigenvalue weighted by atomic mass is 35.5. The maximum atomic E-state index is 12.8. The third-order valence-electron chi connectivity index (χ3n) is 4.64. The van der Waals surface area contributed by atoms with Gasteiger partial charge in [0.15, 0.2) is 11.5 Å². The number of hydrogen-bond acceptors (Lipinski definition) is 5. The number of methoxy groups -OCH3 is 1. The first kappa shape index (κ1) is 20.3. The average Bonchev–Trinajstić information content (AvgIpc) is 2.94. The van der Waals surface area contributed by atoms with Gasteiger partial charge in [0.25, 0.3) is 5.91 Å². The van der Waals surface area contributed by atoms with E-state index in [9.17, 15) is 4.79 Å². The molecule has 0 fully saturated rings. The van der Waals surface area contributed by atoms with E-state index in [-0.39, 0.29) is 11.9 Å². The molecule has 7 heteroatoms. The van der Waals surface area contributed by atoms with E-state index in [4.69, 9.17) is 25.8 Å². The van der Waals surface area contributed by atoms with Crippen molar-refractivity contribution in [2.45, 2.75) is 12.5 Å². The molecule has 0 aromatic heterocycles. The van der Waals surface area contributed by atoms with Gasteiger partial charge >= 0.3 is 0 Å². The molecule has 0 radical (unpaired) electrons. The van der Waals surface area contributed by atoms with E-state index in [2.05, 4.69) is 5.32 Å². The SMILES string of the molecule is COc1ccccc1C(CNC(=O)c1cc(Cl)c2c(c1)OCCCO2)N(C)C. The molecular formula is C21H25ClN2O4. The largest absolute Gasteiger partial charge is 0.496 e. The van der Waals surface area contributed by atoms with Gasteiger partial charge in [-0.2, -0.15) is 0 Å². The summed E-state index contributed by atoms with van der Waals surface area (Å²) in [4.78, 5) is 14.8. The number of hydrogen-bond donors (Lipinski definition) is 1. The molecule has 0 bridgehead atoms. The van der Waals surface area contributed by atoms with Gasteiger partial charge in [-0.15, -0.1) is 0 Å². The van der Waals surface area contributed by atoms with Crippen molar-refractivity contribution < 1.29 is 19.0 Å². The van der Waals surface area contributed by atoms with Gasteiger partial charge in [-0.05, 0) is 32.3 Å². The Balaban J connectivity index is 1.77. The minimum atomic E-state index is -0.223. The van der Waals surface area contributed by atoms with E-state index < -0.39 is 0 Å². The summed E-state index contributed by atoms with van der Waals surface area (Å²) < 4.78 is 16.8. The molecule has 2 aromatic rings. The number of nitrogens with zero attached hydrogens (tertiary/aromatic N) is 1. The molecule has 1 unspecified atom stereocenters. The van der Waals surface area contributed by atoms with E-state index in [1.807, 2.05) is 43.3 Å². The van der Waals surface area contributed by atoms with Crippen LogP contribution in [0.1, 0.15) is 28.4 Å². The Labute approximate surface area is 170 Å². The number of rotatable bonds is 6. The third kappa shape index (κ3) is 4.51. The Hall–Kier alpha value is -2.44. The number of likely N-dealkylation sites (N-methyl/N-ethyl adjacent to an activating group) is 1. The molecule has 150 valence electrons. The minimum Gasteiger partial charge on any atom is -0.496 e. The van der Waals surface area contributed by atoms with Gasteiger partial charge in [0.05, 0.1) is 31.4 Å². The van der Waals surface area contributed by atoms with Crippen LogP contribution >= 0.6 is 11.6 Å². The monoisotopic (exact) mass is 404 g/mol. The number of ether oxygens (including phenoxy) is 3. The molecule has 0 saturated carbocycles. The van der Waals surface area contributed by atoms with Crippen LogP contribution in [0.25, 0.3) is 0 Å². The van der Waals surface area contributed by atoms with Crippen molar-refractivity contribution in [2.75, 3.05) is 41.0 Å². The van der Waals surface area contributed by atoms with Crippen LogP contribution in [-0.4, -0.2) is 51.8 Å². The van der Waals surface area contributed by atoms with Crippen molar-refractivity contribution in [3.8, 4) is 17.2 Å². The summed E-state index contributed by atoms with van der Waals surface area (Å²) in [5.74, 6) is 1.56. The zero-order valence-corrected chi connectivity index (χ0v) is 17.1. The molecule has 3 rings (SSSR count). The maximum absolute atomic E-state index is 12.8. The Morgan fingerprint density at radius 1 is 1.25 bits per heavy atom. The Morgan fingerprint density at radius 3 is 2.75 bits per heavy atom. The van der Waals surface area contributed by atoms with Crippen molar-refractivity contribution >= 4 is 17.5 Å². The number of carbonyl (C=O) groups excluding carboxylic acids is 1. The predicted molar refractivity (Wildman–Crippen MR) is 109 cm³/mol. The molecule has 0 spiro atoms. The van der Waals surface area contributed by atoms with Gasteiger partial charge in [0.2, 0.25) is 0 Å². The molecule has 28 heavy (non-hydrogen) atoms. The van der Waals surface area contributed by atoms with Crippen molar-refractivity contribution in [2.24, 2.45) is 0 Å². The van der Waals surface area contributed by atoms with Crippen LogP contribution in [0.4, 0.5) is 0 Å². The van der Waals surface area contributed by atoms with Crippen LogP contribution in [-0.2, 0) is 0 Å². The molecule has 6 nitrogen and oxygen atoms in total. The quantitative estimate of drug-likeness (QED) is 0.797. The van der Waals surface area contributed by atoms with Crippen LogP contribution in [0.2, 0.25) is 5.02 Å². The topological polar surface area (TPSA) is 60.0 Å². The highest BCUT2D eigenvalue weighted by Crippen LogP contribution is 2.38. The molecule has 1 atom stereocenters. The number of carbonyl (C=O) groups is 1. The molecule has 1 aliphatic rings. The van der Waals surface area contributed by atoms with Crippen LogP contribution < -0.4 is 19.5 Å².